The van der Waals surface area contributed by atoms with Crippen molar-refractivity contribution in [2.45, 2.75) is 25.7 Å². The molecule has 0 heterocycles. The van der Waals surface area contributed by atoms with Crippen molar-refractivity contribution in [3.63, 3.8) is 0 Å². The Hall–Kier alpha value is -2.85. The number of amides is 1. The Kier molecular flexibility index (Phi) is 6.01. The Morgan fingerprint density at radius 2 is 1.88 bits per heavy atom. The fraction of sp³-hybridized carbons (Fsp3) is 0.263. The van der Waals surface area contributed by atoms with Gasteiger partial charge in [-0.3, -0.25) is 9.69 Å². The number of alkyl halides is 3. The molecule has 0 fully saturated rings. The predicted octanol–water partition coefficient (Wildman–Crippen LogP) is 4.04. The molecule has 26 heavy (non-hydrogen) atoms. The first-order valence-electron chi connectivity index (χ1n) is 7.88. The van der Waals surface area contributed by atoms with E-state index in [0.717, 1.165) is 12.1 Å². The summed E-state index contributed by atoms with van der Waals surface area (Å²) in [5.41, 5.74) is 0.927. The molecule has 0 radical (unpaired) electrons. The SMILES string of the molecule is CC(C(=O)Nc1cccc(C#N)c1)N(C)Cc1ccc(C(F)(F)F)cc1. The number of benzene rings is 2. The molecular formula is C19H18F3N3O. The molecule has 7 heteroatoms. The van der Waals surface area contributed by atoms with Gasteiger partial charge in [-0.1, -0.05) is 18.2 Å². The molecule has 2 aromatic carbocycles. The lowest BCUT2D eigenvalue weighted by Gasteiger charge is -2.24. The van der Waals surface area contributed by atoms with E-state index in [2.05, 4.69) is 5.32 Å². The van der Waals surface area contributed by atoms with Gasteiger partial charge in [0.05, 0.1) is 23.2 Å². The van der Waals surface area contributed by atoms with Gasteiger partial charge < -0.3 is 5.32 Å². The largest absolute Gasteiger partial charge is 0.416 e. The minimum atomic E-state index is -4.37. The first-order chi connectivity index (χ1) is 12.2. The van der Waals surface area contributed by atoms with E-state index in [4.69, 9.17) is 5.26 Å². The number of anilines is 1. The number of rotatable bonds is 5. The van der Waals surface area contributed by atoms with E-state index < -0.39 is 17.8 Å². The van der Waals surface area contributed by atoms with Crippen LogP contribution >= 0.6 is 0 Å². The molecule has 0 aromatic heterocycles. The molecule has 4 nitrogen and oxygen atoms in total. The van der Waals surface area contributed by atoms with Gasteiger partial charge in [-0.25, -0.2) is 0 Å². The lowest BCUT2D eigenvalue weighted by atomic mass is 10.1. The van der Waals surface area contributed by atoms with Gasteiger partial charge in [-0.15, -0.1) is 0 Å². The average molecular weight is 361 g/mol. The Morgan fingerprint density at radius 1 is 1.23 bits per heavy atom. The monoisotopic (exact) mass is 361 g/mol. The van der Waals surface area contributed by atoms with Crippen LogP contribution in [0.1, 0.15) is 23.6 Å². The van der Waals surface area contributed by atoms with Crippen molar-refractivity contribution in [3.05, 3.63) is 65.2 Å². The minimum Gasteiger partial charge on any atom is -0.325 e. The summed E-state index contributed by atoms with van der Waals surface area (Å²) >= 11 is 0. The fourth-order valence-corrected chi connectivity index (χ4v) is 2.34. The van der Waals surface area contributed by atoms with Crippen LogP contribution in [0.4, 0.5) is 18.9 Å². The molecule has 1 unspecified atom stereocenters. The number of carbonyl (C=O) groups is 1. The van der Waals surface area contributed by atoms with Gasteiger partial charge in [0.2, 0.25) is 5.91 Å². The molecule has 2 rings (SSSR count). The maximum Gasteiger partial charge on any atom is 0.416 e. The van der Waals surface area contributed by atoms with Crippen LogP contribution in [-0.4, -0.2) is 23.9 Å². The summed E-state index contributed by atoms with van der Waals surface area (Å²) in [4.78, 5) is 14.1. The summed E-state index contributed by atoms with van der Waals surface area (Å²) in [5, 5.41) is 11.6. The van der Waals surface area contributed by atoms with E-state index in [0.29, 0.717) is 23.4 Å². The smallest absolute Gasteiger partial charge is 0.325 e. The van der Waals surface area contributed by atoms with E-state index >= 15 is 0 Å². The van der Waals surface area contributed by atoms with E-state index in [1.54, 1.807) is 43.1 Å². The number of nitrogens with zero attached hydrogens (tertiary/aromatic N) is 2. The van der Waals surface area contributed by atoms with Gasteiger partial charge in [-0.05, 0) is 49.9 Å². The molecule has 136 valence electrons. The van der Waals surface area contributed by atoms with Crippen molar-refractivity contribution < 1.29 is 18.0 Å². The summed E-state index contributed by atoms with van der Waals surface area (Å²) in [7, 11) is 1.72. The second kappa shape index (κ2) is 8.02. The highest BCUT2D eigenvalue weighted by atomic mass is 19.4. The van der Waals surface area contributed by atoms with Gasteiger partial charge in [0.1, 0.15) is 0 Å². The first-order valence-corrected chi connectivity index (χ1v) is 7.88. The topological polar surface area (TPSA) is 56.1 Å². The molecular weight excluding hydrogens is 343 g/mol. The van der Waals surface area contributed by atoms with Gasteiger partial charge in [0, 0.05) is 12.2 Å². The van der Waals surface area contributed by atoms with Crippen molar-refractivity contribution in [1.82, 2.24) is 4.90 Å². The van der Waals surface area contributed by atoms with E-state index in [1.807, 2.05) is 6.07 Å². The normalized spacial score (nSPS) is 12.5. The Morgan fingerprint density at radius 3 is 2.46 bits per heavy atom. The van der Waals surface area contributed by atoms with Gasteiger partial charge in [0.15, 0.2) is 0 Å². The Labute approximate surface area is 149 Å². The molecule has 1 N–H and O–H groups in total. The Bertz CT molecular complexity index is 810. The number of hydrogen-bond acceptors (Lipinski definition) is 3. The van der Waals surface area contributed by atoms with Crippen LogP contribution in [0, 0.1) is 11.3 Å². The zero-order valence-corrected chi connectivity index (χ0v) is 14.3. The van der Waals surface area contributed by atoms with E-state index in [1.165, 1.54) is 12.1 Å². The highest BCUT2D eigenvalue weighted by Gasteiger charge is 2.30. The van der Waals surface area contributed by atoms with Crippen LogP contribution in [0.15, 0.2) is 48.5 Å². The summed E-state index contributed by atoms with van der Waals surface area (Å²) in [6.45, 7) is 2.03. The third-order valence-electron chi connectivity index (χ3n) is 4.01. The van der Waals surface area contributed by atoms with Crippen molar-refractivity contribution in [2.24, 2.45) is 0 Å². The fourth-order valence-electron chi connectivity index (χ4n) is 2.34. The molecule has 1 atom stereocenters. The average Bonchev–Trinajstić information content (AvgIpc) is 2.60. The molecule has 0 aliphatic rings. The maximum atomic E-state index is 12.6. The second-order valence-electron chi connectivity index (χ2n) is 5.97. The summed E-state index contributed by atoms with van der Waals surface area (Å²) in [5.74, 6) is -0.269. The molecule has 0 spiro atoms. The lowest BCUT2D eigenvalue weighted by Crippen LogP contribution is -2.39. The summed E-state index contributed by atoms with van der Waals surface area (Å²) < 4.78 is 37.8. The molecule has 0 saturated heterocycles. The van der Waals surface area contributed by atoms with Crippen LogP contribution < -0.4 is 5.32 Å². The van der Waals surface area contributed by atoms with Crippen molar-refractivity contribution >= 4 is 11.6 Å². The highest BCUT2D eigenvalue weighted by Crippen LogP contribution is 2.29. The zero-order chi connectivity index (χ0) is 19.3. The van der Waals surface area contributed by atoms with Crippen LogP contribution in [0.2, 0.25) is 0 Å². The number of hydrogen-bond donors (Lipinski definition) is 1. The number of carbonyl (C=O) groups excluding carboxylic acids is 1. The van der Waals surface area contributed by atoms with Gasteiger partial charge in [0.25, 0.3) is 0 Å². The number of likely N-dealkylation sites (N-methyl/N-ethyl adjacent to an activating group) is 1. The molecule has 0 aliphatic carbocycles. The molecule has 0 aliphatic heterocycles. The molecule has 2 aromatic rings. The third kappa shape index (κ3) is 5.07. The van der Waals surface area contributed by atoms with Crippen molar-refractivity contribution in [3.8, 4) is 6.07 Å². The van der Waals surface area contributed by atoms with Crippen LogP contribution in [-0.2, 0) is 17.5 Å². The standard InChI is InChI=1S/C19H18F3N3O/c1-13(18(26)24-17-5-3-4-15(10-17)11-23)25(2)12-14-6-8-16(9-7-14)19(20,21)22/h3-10,13H,12H2,1-2H3,(H,24,26). The van der Waals surface area contributed by atoms with Crippen molar-refractivity contribution in [1.29, 1.82) is 5.26 Å². The van der Waals surface area contributed by atoms with Crippen LogP contribution in [0.25, 0.3) is 0 Å². The quantitative estimate of drug-likeness (QED) is 0.875. The second-order valence-corrected chi connectivity index (χ2v) is 5.97. The van der Waals surface area contributed by atoms with E-state index in [-0.39, 0.29) is 5.91 Å². The lowest BCUT2D eigenvalue weighted by molar-refractivity contribution is -0.137. The molecule has 0 bridgehead atoms. The van der Waals surface area contributed by atoms with Crippen LogP contribution in [0.3, 0.4) is 0 Å². The zero-order valence-electron chi connectivity index (χ0n) is 14.3. The molecule has 0 saturated carbocycles. The van der Waals surface area contributed by atoms with Crippen LogP contribution in [0.5, 0.6) is 0 Å². The summed E-state index contributed by atoms with van der Waals surface area (Å²) in [6, 6.07) is 12.9. The number of nitriles is 1. The van der Waals surface area contributed by atoms with Gasteiger partial charge >= 0.3 is 6.18 Å². The Balaban J connectivity index is 1.98. The highest BCUT2D eigenvalue weighted by molar-refractivity contribution is 5.94. The maximum absolute atomic E-state index is 12.6. The predicted molar refractivity (Wildman–Crippen MR) is 92.2 cm³/mol. The van der Waals surface area contributed by atoms with Crippen molar-refractivity contribution in [2.75, 3.05) is 12.4 Å². The first kappa shape index (κ1) is 19.5. The number of nitrogens with one attached hydrogen (secondary N) is 1. The van der Waals surface area contributed by atoms with E-state index in [9.17, 15) is 18.0 Å². The third-order valence-corrected chi connectivity index (χ3v) is 4.01. The number of halogens is 3. The molecule has 1 amide bonds. The summed E-state index contributed by atoms with van der Waals surface area (Å²) in [6.07, 6.45) is -4.37. The van der Waals surface area contributed by atoms with Gasteiger partial charge in [-0.2, -0.15) is 18.4 Å². The minimum absolute atomic E-state index is 0.269.